The third-order valence-corrected chi connectivity index (χ3v) is 2.63. The number of piperazine rings is 1. The molecule has 0 bridgehead atoms. The minimum absolute atomic E-state index is 0.219. The van der Waals surface area contributed by atoms with E-state index in [9.17, 15) is 9.90 Å². The Bertz CT molecular complexity index is 201. The van der Waals surface area contributed by atoms with E-state index in [2.05, 4.69) is 9.80 Å². The number of aliphatic hydroxyl groups is 1. The highest BCUT2D eigenvalue weighted by molar-refractivity contribution is 5.66. The quantitative estimate of drug-likeness (QED) is 0.646. The summed E-state index contributed by atoms with van der Waals surface area (Å²) < 4.78 is 0. The maximum absolute atomic E-state index is 10.4. The number of β-amino-alcohol motifs (C(OH)–C–C–N with tert-alkyl or cyclic N) is 1. The van der Waals surface area contributed by atoms with Gasteiger partial charge in [-0.15, -0.1) is 0 Å². The van der Waals surface area contributed by atoms with Crippen LogP contribution in [0.15, 0.2) is 0 Å². The van der Waals surface area contributed by atoms with Gasteiger partial charge in [0.1, 0.15) is 0 Å². The summed E-state index contributed by atoms with van der Waals surface area (Å²) in [6.45, 7) is 6.79. The fourth-order valence-corrected chi connectivity index (χ4v) is 1.82. The molecular formula is C10H20N2O3. The second-order valence-corrected chi connectivity index (χ2v) is 4.14. The first-order valence-corrected chi connectivity index (χ1v) is 5.42. The number of aliphatic hydroxyl groups excluding tert-OH is 1. The topological polar surface area (TPSA) is 64.0 Å². The van der Waals surface area contributed by atoms with Crippen LogP contribution in [0.2, 0.25) is 0 Å². The molecule has 1 fully saturated rings. The summed E-state index contributed by atoms with van der Waals surface area (Å²) in [5.41, 5.74) is 0. The van der Waals surface area contributed by atoms with Crippen molar-refractivity contribution < 1.29 is 15.0 Å². The molecule has 88 valence electrons. The van der Waals surface area contributed by atoms with Crippen LogP contribution >= 0.6 is 0 Å². The predicted octanol–water partition coefficient (Wildman–Crippen LogP) is -0.540. The van der Waals surface area contributed by atoms with Crippen LogP contribution in [-0.4, -0.2) is 71.4 Å². The van der Waals surface area contributed by atoms with E-state index in [4.69, 9.17) is 5.11 Å². The molecular weight excluding hydrogens is 196 g/mol. The third-order valence-electron chi connectivity index (χ3n) is 2.63. The second-order valence-electron chi connectivity index (χ2n) is 4.14. The number of hydrogen-bond donors (Lipinski definition) is 2. The molecule has 1 rings (SSSR count). The van der Waals surface area contributed by atoms with Gasteiger partial charge in [0.25, 0.3) is 0 Å². The Morgan fingerprint density at radius 2 is 1.80 bits per heavy atom. The molecule has 0 aliphatic carbocycles. The Balaban J connectivity index is 2.15. The molecule has 0 radical (unpaired) electrons. The van der Waals surface area contributed by atoms with Crippen molar-refractivity contribution in [3.63, 3.8) is 0 Å². The molecule has 1 saturated heterocycles. The van der Waals surface area contributed by atoms with Crippen molar-refractivity contribution in [1.29, 1.82) is 0 Å². The van der Waals surface area contributed by atoms with Crippen LogP contribution in [-0.2, 0) is 4.79 Å². The number of hydrogen-bond acceptors (Lipinski definition) is 4. The van der Waals surface area contributed by atoms with Gasteiger partial charge in [-0.3, -0.25) is 9.69 Å². The SMILES string of the molecule is CC(O)CN1CCN(CCC(=O)O)CC1. The molecule has 5 heteroatoms. The number of carbonyl (C=O) groups is 1. The molecule has 0 spiro atoms. The van der Waals surface area contributed by atoms with Gasteiger partial charge in [-0.05, 0) is 6.92 Å². The Labute approximate surface area is 90.3 Å². The number of nitrogens with zero attached hydrogens (tertiary/aromatic N) is 2. The molecule has 1 aliphatic rings. The van der Waals surface area contributed by atoms with E-state index in [1.54, 1.807) is 6.92 Å². The molecule has 0 saturated carbocycles. The summed E-state index contributed by atoms with van der Waals surface area (Å²) in [4.78, 5) is 14.8. The number of rotatable bonds is 5. The van der Waals surface area contributed by atoms with Gasteiger partial charge in [0.2, 0.25) is 0 Å². The van der Waals surface area contributed by atoms with Gasteiger partial charge in [-0.1, -0.05) is 0 Å². The Morgan fingerprint density at radius 3 is 2.27 bits per heavy atom. The van der Waals surface area contributed by atoms with E-state index in [-0.39, 0.29) is 12.5 Å². The summed E-state index contributed by atoms with van der Waals surface area (Å²) >= 11 is 0. The van der Waals surface area contributed by atoms with Gasteiger partial charge < -0.3 is 15.1 Å². The minimum Gasteiger partial charge on any atom is -0.481 e. The fraction of sp³-hybridized carbons (Fsp3) is 0.900. The Morgan fingerprint density at radius 1 is 1.27 bits per heavy atom. The average molecular weight is 216 g/mol. The zero-order valence-corrected chi connectivity index (χ0v) is 9.22. The van der Waals surface area contributed by atoms with E-state index in [1.807, 2.05) is 0 Å². The summed E-state index contributed by atoms with van der Waals surface area (Å²) in [5, 5.41) is 17.8. The summed E-state index contributed by atoms with van der Waals surface area (Å²) in [6.07, 6.45) is -0.0632. The van der Waals surface area contributed by atoms with E-state index >= 15 is 0 Å². The lowest BCUT2D eigenvalue weighted by molar-refractivity contribution is -0.137. The average Bonchev–Trinajstić information content (AvgIpc) is 2.16. The first kappa shape index (κ1) is 12.4. The molecule has 1 aliphatic heterocycles. The lowest BCUT2D eigenvalue weighted by atomic mass is 10.2. The molecule has 0 aromatic carbocycles. The smallest absolute Gasteiger partial charge is 0.304 e. The standard InChI is InChI=1S/C10H20N2O3/c1-9(13)8-12-6-4-11(5-7-12)3-2-10(14)15/h9,13H,2-8H2,1H3,(H,14,15). The van der Waals surface area contributed by atoms with Gasteiger partial charge in [-0.2, -0.15) is 0 Å². The van der Waals surface area contributed by atoms with Gasteiger partial charge in [-0.25, -0.2) is 0 Å². The largest absolute Gasteiger partial charge is 0.481 e. The third kappa shape index (κ3) is 5.11. The molecule has 5 nitrogen and oxygen atoms in total. The van der Waals surface area contributed by atoms with Gasteiger partial charge in [0.15, 0.2) is 0 Å². The highest BCUT2D eigenvalue weighted by Gasteiger charge is 2.17. The van der Waals surface area contributed by atoms with Gasteiger partial charge >= 0.3 is 5.97 Å². The Hall–Kier alpha value is -0.650. The van der Waals surface area contributed by atoms with Crippen LogP contribution in [0, 0.1) is 0 Å². The Kier molecular flexibility index (Phi) is 5.01. The van der Waals surface area contributed by atoms with Crippen molar-refractivity contribution in [3.05, 3.63) is 0 Å². The summed E-state index contributed by atoms with van der Waals surface area (Å²) in [6, 6.07) is 0. The number of carboxylic acids is 1. The molecule has 1 unspecified atom stereocenters. The number of aliphatic carboxylic acids is 1. The second kappa shape index (κ2) is 6.05. The van der Waals surface area contributed by atoms with E-state index in [0.717, 1.165) is 26.2 Å². The maximum Gasteiger partial charge on any atom is 0.304 e. The minimum atomic E-state index is -0.735. The maximum atomic E-state index is 10.4. The highest BCUT2D eigenvalue weighted by atomic mass is 16.4. The van der Waals surface area contributed by atoms with E-state index in [1.165, 1.54) is 0 Å². The van der Waals surface area contributed by atoms with E-state index in [0.29, 0.717) is 13.1 Å². The predicted molar refractivity (Wildman–Crippen MR) is 56.8 cm³/mol. The zero-order chi connectivity index (χ0) is 11.3. The van der Waals surface area contributed by atoms with Crippen molar-refractivity contribution in [2.75, 3.05) is 39.3 Å². The molecule has 0 aromatic heterocycles. The van der Waals surface area contributed by atoms with E-state index < -0.39 is 5.97 Å². The molecule has 15 heavy (non-hydrogen) atoms. The van der Waals surface area contributed by atoms with Crippen molar-refractivity contribution in [1.82, 2.24) is 9.80 Å². The van der Waals surface area contributed by atoms with Crippen LogP contribution in [0.1, 0.15) is 13.3 Å². The van der Waals surface area contributed by atoms with Crippen molar-refractivity contribution in [2.45, 2.75) is 19.4 Å². The normalized spacial score (nSPS) is 21.5. The van der Waals surface area contributed by atoms with Crippen LogP contribution in [0.25, 0.3) is 0 Å². The van der Waals surface area contributed by atoms with Crippen LogP contribution in [0.3, 0.4) is 0 Å². The summed E-state index contributed by atoms with van der Waals surface area (Å²) in [5.74, 6) is -0.735. The highest BCUT2D eigenvalue weighted by Crippen LogP contribution is 2.03. The van der Waals surface area contributed by atoms with Crippen molar-refractivity contribution in [3.8, 4) is 0 Å². The first-order chi connectivity index (χ1) is 7.08. The molecule has 1 heterocycles. The molecule has 0 aromatic rings. The fourth-order valence-electron chi connectivity index (χ4n) is 1.82. The zero-order valence-electron chi connectivity index (χ0n) is 9.22. The van der Waals surface area contributed by atoms with Crippen LogP contribution < -0.4 is 0 Å². The van der Waals surface area contributed by atoms with Gasteiger partial charge in [0, 0.05) is 39.3 Å². The van der Waals surface area contributed by atoms with Crippen LogP contribution in [0.5, 0.6) is 0 Å². The lowest BCUT2D eigenvalue weighted by Gasteiger charge is -2.34. The van der Waals surface area contributed by atoms with Crippen molar-refractivity contribution in [2.24, 2.45) is 0 Å². The first-order valence-electron chi connectivity index (χ1n) is 5.42. The molecule has 0 amide bonds. The van der Waals surface area contributed by atoms with Crippen LogP contribution in [0.4, 0.5) is 0 Å². The van der Waals surface area contributed by atoms with Gasteiger partial charge in [0.05, 0.1) is 12.5 Å². The monoisotopic (exact) mass is 216 g/mol. The number of carboxylic acid groups (broad SMARTS) is 1. The lowest BCUT2D eigenvalue weighted by Crippen LogP contribution is -2.48. The summed E-state index contributed by atoms with van der Waals surface area (Å²) in [7, 11) is 0. The molecule has 1 atom stereocenters. The van der Waals surface area contributed by atoms with Crippen molar-refractivity contribution >= 4 is 5.97 Å². The molecule has 2 N–H and O–H groups in total.